The van der Waals surface area contributed by atoms with E-state index in [0.29, 0.717) is 0 Å². The van der Waals surface area contributed by atoms with Crippen molar-refractivity contribution >= 4 is 11.9 Å². The van der Waals surface area contributed by atoms with Crippen molar-refractivity contribution in [2.45, 2.75) is 25.8 Å². The van der Waals surface area contributed by atoms with Crippen LogP contribution in [0.3, 0.4) is 0 Å². The van der Waals surface area contributed by atoms with Gasteiger partial charge < -0.3 is 15.7 Å². The molecule has 0 spiro atoms. The molecule has 0 saturated carbocycles. The summed E-state index contributed by atoms with van der Waals surface area (Å²) in [5.74, 6) is -1.16. The predicted molar refractivity (Wildman–Crippen MR) is 50.8 cm³/mol. The number of carboxylic acids is 1. The maximum atomic E-state index is 11.5. The highest BCUT2D eigenvalue weighted by atomic mass is 16.4. The first kappa shape index (κ1) is 11.0. The third kappa shape index (κ3) is 2.99. The van der Waals surface area contributed by atoms with Crippen molar-refractivity contribution in [3.8, 4) is 0 Å². The van der Waals surface area contributed by atoms with E-state index in [1.165, 1.54) is 6.92 Å². The fraction of sp³-hybridized carbons (Fsp3) is 0.778. The highest BCUT2D eigenvalue weighted by Crippen LogP contribution is 2.11. The number of carbonyl (C=O) groups is 2. The molecule has 5 nitrogen and oxygen atoms in total. The lowest BCUT2D eigenvalue weighted by atomic mass is 9.97. The van der Waals surface area contributed by atoms with Crippen molar-refractivity contribution in [2.24, 2.45) is 5.92 Å². The Bertz CT molecular complexity index is 224. The molecule has 1 fully saturated rings. The van der Waals surface area contributed by atoms with Gasteiger partial charge in [-0.15, -0.1) is 0 Å². The quantitative estimate of drug-likeness (QED) is 0.578. The second-order valence-corrected chi connectivity index (χ2v) is 3.59. The number of piperidine rings is 1. The van der Waals surface area contributed by atoms with Gasteiger partial charge in [-0.1, -0.05) is 0 Å². The Morgan fingerprint density at radius 1 is 1.43 bits per heavy atom. The lowest BCUT2D eigenvalue weighted by Gasteiger charge is -2.22. The van der Waals surface area contributed by atoms with E-state index in [2.05, 4.69) is 10.6 Å². The van der Waals surface area contributed by atoms with Gasteiger partial charge in [-0.25, -0.2) is 0 Å². The molecule has 1 amide bonds. The molecule has 0 bridgehead atoms. The standard InChI is InChI=1S/C9H16N2O3/c1-6(9(13)14)11-8(12)7-2-4-10-5-3-7/h6-7,10H,2-5H2,1H3,(H,11,12)(H,13,14)/t6-/m1/s1. The van der Waals surface area contributed by atoms with Gasteiger partial charge in [-0.2, -0.15) is 0 Å². The van der Waals surface area contributed by atoms with Crippen LogP contribution in [0.4, 0.5) is 0 Å². The molecule has 5 heteroatoms. The third-order valence-corrected chi connectivity index (χ3v) is 2.44. The van der Waals surface area contributed by atoms with Gasteiger partial charge in [-0.05, 0) is 32.9 Å². The van der Waals surface area contributed by atoms with Gasteiger partial charge in [0.25, 0.3) is 0 Å². The molecule has 0 unspecified atom stereocenters. The van der Waals surface area contributed by atoms with Crippen LogP contribution < -0.4 is 10.6 Å². The normalized spacial score (nSPS) is 20.1. The van der Waals surface area contributed by atoms with E-state index in [0.717, 1.165) is 25.9 Å². The summed E-state index contributed by atoms with van der Waals surface area (Å²) in [5.41, 5.74) is 0. The van der Waals surface area contributed by atoms with Crippen LogP contribution in [0, 0.1) is 5.92 Å². The van der Waals surface area contributed by atoms with Gasteiger partial charge in [0.05, 0.1) is 0 Å². The molecule has 1 aliphatic rings. The summed E-state index contributed by atoms with van der Waals surface area (Å²) in [6.45, 7) is 3.14. The summed E-state index contributed by atoms with van der Waals surface area (Å²) in [7, 11) is 0. The van der Waals surface area contributed by atoms with E-state index in [-0.39, 0.29) is 11.8 Å². The zero-order valence-corrected chi connectivity index (χ0v) is 8.25. The van der Waals surface area contributed by atoms with Crippen LogP contribution in [0.1, 0.15) is 19.8 Å². The molecular formula is C9H16N2O3. The molecule has 1 aliphatic heterocycles. The molecule has 1 rings (SSSR count). The Kier molecular flexibility index (Phi) is 3.88. The van der Waals surface area contributed by atoms with Gasteiger partial charge in [0.2, 0.25) is 5.91 Å². The van der Waals surface area contributed by atoms with E-state index in [9.17, 15) is 9.59 Å². The number of rotatable bonds is 3. The van der Waals surface area contributed by atoms with E-state index in [1.54, 1.807) is 0 Å². The van der Waals surface area contributed by atoms with Crippen molar-refractivity contribution in [3.63, 3.8) is 0 Å². The molecular weight excluding hydrogens is 184 g/mol. The van der Waals surface area contributed by atoms with Crippen molar-refractivity contribution in [2.75, 3.05) is 13.1 Å². The first-order chi connectivity index (χ1) is 6.61. The van der Waals surface area contributed by atoms with Crippen LogP contribution in [0.5, 0.6) is 0 Å². The number of hydrogen-bond donors (Lipinski definition) is 3. The number of carboxylic acid groups (broad SMARTS) is 1. The molecule has 1 heterocycles. The Morgan fingerprint density at radius 3 is 2.50 bits per heavy atom. The van der Waals surface area contributed by atoms with Crippen LogP contribution in [0.2, 0.25) is 0 Å². The van der Waals surface area contributed by atoms with Crippen molar-refractivity contribution in [3.05, 3.63) is 0 Å². The number of aliphatic carboxylic acids is 1. The molecule has 3 N–H and O–H groups in total. The first-order valence-corrected chi connectivity index (χ1v) is 4.85. The second kappa shape index (κ2) is 4.95. The third-order valence-electron chi connectivity index (χ3n) is 2.44. The first-order valence-electron chi connectivity index (χ1n) is 4.85. The number of amides is 1. The van der Waals surface area contributed by atoms with Crippen LogP contribution in [0.15, 0.2) is 0 Å². The lowest BCUT2D eigenvalue weighted by Crippen LogP contribution is -2.44. The Morgan fingerprint density at radius 2 is 2.00 bits per heavy atom. The van der Waals surface area contributed by atoms with Crippen molar-refractivity contribution in [1.29, 1.82) is 0 Å². The van der Waals surface area contributed by atoms with Gasteiger partial charge in [-0.3, -0.25) is 9.59 Å². The van der Waals surface area contributed by atoms with E-state index in [4.69, 9.17) is 5.11 Å². The monoisotopic (exact) mass is 200 g/mol. The molecule has 80 valence electrons. The maximum Gasteiger partial charge on any atom is 0.325 e. The summed E-state index contributed by atoms with van der Waals surface area (Å²) in [6, 6.07) is -0.794. The van der Waals surface area contributed by atoms with Gasteiger partial charge >= 0.3 is 5.97 Å². The number of nitrogens with one attached hydrogen (secondary N) is 2. The van der Waals surface area contributed by atoms with Crippen molar-refractivity contribution in [1.82, 2.24) is 10.6 Å². The average molecular weight is 200 g/mol. The maximum absolute atomic E-state index is 11.5. The van der Waals surface area contributed by atoms with Crippen LogP contribution >= 0.6 is 0 Å². The summed E-state index contributed by atoms with van der Waals surface area (Å²) >= 11 is 0. The molecule has 0 aromatic heterocycles. The largest absolute Gasteiger partial charge is 0.480 e. The van der Waals surface area contributed by atoms with Crippen molar-refractivity contribution < 1.29 is 14.7 Å². The molecule has 0 aliphatic carbocycles. The van der Waals surface area contributed by atoms with Crippen LogP contribution in [0.25, 0.3) is 0 Å². The Balaban J connectivity index is 2.36. The van der Waals surface area contributed by atoms with Gasteiger partial charge in [0, 0.05) is 5.92 Å². The van der Waals surface area contributed by atoms with E-state index < -0.39 is 12.0 Å². The predicted octanol–water partition coefficient (Wildman–Crippen LogP) is -0.425. The molecule has 14 heavy (non-hydrogen) atoms. The van der Waals surface area contributed by atoms with Gasteiger partial charge in [0.1, 0.15) is 6.04 Å². The zero-order valence-electron chi connectivity index (χ0n) is 8.25. The molecule has 0 radical (unpaired) electrons. The fourth-order valence-corrected chi connectivity index (χ4v) is 1.48. The minimum atomic E-state index is -0.993. The minimum Gasteiger partial charge on any atom is -0.480 e. The second-order valence-electron chi connectivity index (χ2n) is 3.59. The molecule has 0 aromatic carbocycles. The SMILES string of the molecule is C[C@@H](NC(=O)C1CCNCC1)C(=O)O. The smallest absolute Gasteiger partial charge is 0.325 e. The average Bonchev–Trinajstić information content (AvgIpc) is 2.19. The lowest BCUT2D eigenvalue weighted by molar-refractivity contribution is -0.142. The van der Waals surface area contributed by atoms with E-state index in [1.807, 2.05) is 0 Å². The molecule has 1 saturated heterocycles. The number of carbonyl (C=O) groups excluding carboxylic acids is 1. The topological polar surface area (TPSA) is 78.4 Å². The summed E-state index contributed by atoms with van der Waals surface area (Å²) in [6.07, 6.45) is 1.58. The summed E-state index contributed by atoms with van der Waals surface area (Å²) in [4.78, 5) is 22.0. The summed E-state index contributed by atoms with van der Waals surface area (Å²) in [5, 5.41) is 14.2. The van der Waals surface area contributed by atoms with Crippen LogP contribution in [-0.4, -0.2) is 36.1 Å². The zero-order chi connectivity index (χ0) is 10.6. The molecule has 1 atom stereocenters. The highest BCUT2D eigenvalue weighted by molar-refractivity contribution is 5.84. The minimum absolute atomic E-state index is 0.0296. The molecule has 0 aromatic rings. The van der Waals surface area contributed by atoms with Gasteiger partial charge in [0.15, 0.2) is 0 Å². The fourth-order valence-electron chi connectivity index (χ4n) is 1.48. The highest BCUT2D eigenvalue weighted by Gasteiger charge is 2.23. The van der Waals surface area contributed by atoms with E-state index >= 15 is 0 Å². The Labute approximate surface area is 82.9 Å². The summed E-state index contributed by atoms with van der Waals surface area (Å²) < 4.78 is 0. The Hall–Kier alpha value is -1.10. The number of hydrogen-bond acceptors (Lipinski definition) is 3. The van der Waals surface area contributed by atoms with Crippen LogP contribution in [-0.2, 0) is 9.59 Å².